The molecule has 2 atom stereocenters. The smallest absolute Gasteiger partial charge is 0.394 e. The van der Waals surface area contributed by atoms with Gasteiger partial charge in [-0.05, 0) is 12.5 Å². The van der Waals surface area contributed by atoms with Crippen LogP contribution in [-0.4, -0.2) is 46.9 Å². The number of alkyl halides is 3. The lowest BCUT2D eigenvalue weighted by atomic mass is 9.96. The molecule has 0 bridgehead atoms. The van der Waals surface area contributed by atoms with E-state index in [4.69, 9.17) is 5.11 Å². The number of Topliss-reactive ketones (excluding diaryl/α,β-unsaturated/α-hetero) is 1. The second-order valence-corrected chi connectivity index (χ2v) is 5.82. The average Bonchev–Trinajstić information content (AvgIpc) is 2.93. The molecule has 0 radical (unpaired) electrons. The van der Waals surface area contributed by atoms with Gasteiger partial charge in [0.1, 0.15) is 0 Å². The van der Waals surface area contributed by atoms with Gasteiger partial charge in [-0.3, -0.25) is 14.4 Å². The highest BCUT2D eigenvalue weighted by atomic mass is 19.4. The van der Waals surface area contributed by atoms with Crippen LogP contribution in [0.5, 0.6) is 0 Å². The van der Waals surface area contributed by atoms with E-state index < -0.39 is 43.0 Å². The van der Waals surface area contributed by atoms with Crippen molar-refractivity contribution in [3.8, 4) is 0 Å². The van der Waals surface area contributed by atoms with Gasteiger partial charge in [0, 0.05) is 18.7 Å². The number of ketones is 1. The molecule has 24 heavy (non-hydrogen) atoms. The normalized spacial score (nSPS) is 20.9. The third-order valence-electron chi connectivity index (χ3n) is 4.13. The van der Waals surface area contributed by atoms with Crippen LogP contribution in [0.3, 0.4) is 0 Å². The molecule has 1 amide bonds. The third-order valence-corrected chi connectivity index (χ3v) is 4.13. The fourth-order valence-corrected chi connectivity index (χ4v) is 2.73. The summed E-state index contributed by atoms with van der Waals surface area (Å²) in [5.41, 5.74) is 1.02. The van der Waals surface area contributed by atoms with Crippen LogP contribution < -0.4 is 0 Å². The van der Waals surface area contributed by atoms with Gasteiger partial charge in [-0.2, -0.15) is 13.2 Å². The number of nitrogens with zero attached hydrogens (tertiary/aromatic N) is 1. The minimum atomic E-state index is -4.67. The molecular formula is C16H16F3NO4. The Morgan fingerprint density at radius 3 is 2.17 bits per heavy atom. The molecule has 1 N–H and O–H groups in total. The van der Waals surface area contributed by atoms with Crippen molar-refractivity contribution < 1.29 is 32.7 Å². The minimum absolute atomic E-state index is 0.135. The molecule has 1 saturated heterocycles. The second-order valence-electron chi connectivity index (χ2n) is 5.82. The number of carbonyl (C=O) groups is 3. The Bertz CT molecular complexity index is 654. The van der Waals surface area contributed by atoms with Crippen LogP contribution in [-0.2, 0) is 16.0 Å². The molecule has 0 aromatic heterocycles. The van der Waals surface area contributed by atoms with Crippen LogP contribution in [0.25, 0.3) is 0 Å². The third kappa shape index (κ3) is 3.93. The largest absolute Gasteiger partial charge is 0.481 e. The minimum Gasteiger partial charge on any atom is -0.481 e. The van der Waals surface area contributed by atoms with Gasteiger partial charge in [0.15, 0.2) is 5.78 Å². The van der Waals surface area contributed by atoms with Crippen molar-refractivity contribution in [1.82, 2.24) is 4.90 Å². The fraction of sp³-hybridized carbons (Fsp3) is 0.438. The molecule has 1 aliphatic heterocycles. The zero-order chi connectivity index (χ0) is 18.1. The number of halogens is 3. The zero-order valence-corrected chi connectivity index (χ0v) is 12.8. The number of carboxylic acid groups (broad SMARTS) is 1. The van der Waals surface area contributed by atoms with E-state index in [0.29, 0.717) is 11.1 Å². The molecule has 2 rings (SSSR count). The van der Waals surface area contributed by atoms with E-state index in [1.54, 1.807) is 12.1 Å². The first kappa shape index (κ1) is 18.0. The van der Waals surface area contributed by atoms with Crippen LogP contribution in [0.4, 0.5) is 13.2 Å². The molecule has 5 nitrogen and oxygen atoms in total. The SMILES string of the molecule is CC(=O)c1ccc(CC(=O)N2C[C@@H](C(F)(F)F)[C@H](C(=O)O)C2)cc1. The molecule has 0 spiro atoms. The molecule has 1 fully saturated rings. The van der Waals surface area contributed by atoms with E-state index in [9.17, 15) is 27.6 Å². The number of hydrogen-bond acceptors (Lipinski definition) is 3. The summed E-state index contributed by atoms with van der Waals surface area (Å²) in [6.45, 7) is 0.294. The number of aliphatic carboxylic acids is 1. The van der Waals surface area contributed by atoms with Gasteiger partial charge in [0.25, 0.3) is 0 Å². The highest BCUT2D eigenvalue weighted by Crippen LogP contribution is 2.37. The summed E-state index contributed by atoms with van der Waals surface area (Å²) in [6, 6.07) is 6.18. The van der Waals surface area contributed by atoms with Crippen molar-refractivity contribution in [2.75, 3.05) is 13.1 Å². The van der Waals surface area contributed by atoms with Gasteiger partial charge in [-0.1, -0.05) is 24.3 Å². The summed E-state index contributed by atoms with van der Waals surface area (Å²) in [5, 5.41) is 8.95. The van der Waals surface area contributed by atoms with Crippen molar-refractivity contribution in [3.63, 3.8) is 0 Å². The first-order chi connectivity index (χ1) is 11.1. The average molecular weight is 343 g/mol. The second kappa shape index (κ2) is 6.62. The van der Waals surface area contributed by atoms with Gasteiger partial charge < -0.3 is 10.0 Å². The lowest BCUT2D eigenvalue weighted by molar-refractivity contribution is -0.188. The van der Waals surface area contributed by atoms with Crippen molar-refractivity contribution in [2.45, 2.75) is 19.5 Å². The maximum atomic E-state index is 12.9. The van der Waals surface area contributed by atoms with Gasteiger partial charge in [-0.25, -0.2) is 0 Å². The molecule has 1 aromatic carbocycles. The Kier molecular flexibility index (Phi) is 4.96. The molecule has 0 unspecified atom stereocenters. The molecule has 0 aliphatic carbocycles. The summed E-state index contributed by atoms with van der Waals surface area (Å²) in [4.78, 5) is 35.3. The van der Waals surface area contributed by atoms with Crippen LogP contribution in [0.15, 0.2) is 24.3 Å². The van der Waals surface area contributed by atoms with E-state index >= 15 is 0 Å². The van der Waals surface area contributed by atoms with Crippen LogP contribution in [0, 0.1) is 11.8 Å². The lowest BCUT2D eigenvalue weighted by Crippen LogP contribution is -2.34. The summed E-state index contributed by atoms with van der Waals surface area (Å²) >= 11 is 0. The number of rotatable bonds is 4. The molecule has 1 heterocycles. The first-order valence-electron chi connectivity index (χ1n) is 7.26. The van der Waals surface area contributed by atoms with Gasteiger partial charge in [-0.15, -0.1) is 0 Å². The zero-order valence-electron chi connectivity index (χ0n) is 12.8. The highest BCUT2D eigenvalue weighted by Gasteiger charge is 2.53. The number of carboxylic acids is 1. The van der Waals surface area contributed by atoms with Crippen LogP contribution in [0.1, 0.15) is 22.8 Å². The van der Waals surface area contributed by atoms with Gasteiger partial charge >= 0.3 is 12.1 Å². The number of benzene rings is 1. The Morgan fingerprint density at radius 2 is 1.75 bits per heavy atom. The predicted molar refractivity (Wildman–Crippen MR) is 77.4 cm³/mol. The topological polar surface area (TPSA) is 74.7 Å². The highest BCUT2D eigenvalue weighted by molar-refractivity contribution is 5.94. The molecule has 1 aliphatic rings. The van der Waals surface area contributed by atoms with Crippen LogP contribution in [0.2, 0.25) is 0 Å². The fourth-order valence-electron chi connectivity index (χ4n) is 2.73. The molecule has 8 heteroatoms. The van der Waals surface area contributed by atoms with E-state index in [1.807, 2.05) is 0 Å². The van der Waals surface area contributed by atoms with Gasteiger partial charge in [0.05, 0.1) is 18.3 Å². The Morgan fingerprint density at radius 1 is 1.17 bits per heavy atom. The van der Waals surface area contributed by atoms with Crippen LogP contribution >= 0.6 is 0 Å². The quantitative estimate of drug-likeness (QED) is 0.850. The lowest BCUT2D eigenvalue weighted by Gasteiger charge is -2.18. The van der Waals surface area contributed by atoms with Gasteiger partial charge in [0.2, 0.25) is 5.91 Å². The Labute approximate surface area is 136 Å². The van der Waals surface area contributed by atoms with E-state index in [1.165, 1.54) is 19.1 Å². The van der Waals surface area contributed by atoms with Crippen molar-refractivity contribution in [1.29, 1.82) is 0 Å². The summed E-state index contributed by atoms with van der Waals surface area (Å²) in [6.07, 6.45) is -4.81. The monoisotopic (exact) mass is 343 g/mol. The first-order valence-corrected chi connectivity index (χ1v) is 7.26. The molecule has 0 saturated carbocycles. The molecular weight excluding hydrogens is 327 g/mol. The Balaban J connectivity index is 2.07. The standard InChI is InChI=1S/C16H16F3NO4/c1-9(21)11-4-2-10(3-5-11)6-14(22)20-7-12(15(23)24)13(8-20)16(17,18)19/h2-5,12-13H,6-8H2,1H3,(H,23,24)/t12-,13-/m1/s1. The molecule has 130 valence electrons. The maximum absolute atomic E-state index is 12.9. The Hall–Kier alpha value is -2.38. The number of carbonyl (C=O) groups excluding carboxylic acids is 2. The van der Waals surface area contributed by atoms with Crippen molar-refractivity contribution >= 4 is 17.7 Å². The van der Waals surface area contributed by atoms with Crippen molar-refractivity contribution in [2.24, 2.45) is 11.8 Å². The number of likely N-dealkylation sites (tertiary alicyclic amines) is 1. The summed E-state index contributed by atoms with van der Waals surface area (Å²) in [5.74, 6) is -5.96. The van der Waals surface area contributed by atoms with E-state index in [0.717, 1.165) is 4.90 Å². The summed E-state index contributed by atoms with van der Waals surface area (Å²) < 4.78 is 38.8. The predicted octanol–water partition coefficient (Wildman–Crippen LogP) is 2.15. The number of amides is 1. The van der Waals surface area contributed by atoms with E-state index in [-0.39, 0.29) is 12.2 Å². The molecule has 1 aromatic rings. The van der Waals surface area contributed by atoms with Crippen molar-refractivity contribution in [3.05, 3.63) is 35.4 Å². The number of hydrogen-bond donors (Lipinski definition) is 1. The maximum Gasteiger partial charge on any atom is 0.394 e. The summed E-state index contributed by atoms with van der Waals surface area (Å²) in [7, 11) is 0. The van der Waals surface area contributed by atoms with E-state index in [2.05, 4.69) is 0 Å².